The Labute approximate surface area is 146 Å². The number of anilines is 1. The number of aryl methyl sites for hydroxylation is 1. The summed E-state index contributed by atoms with van der Waals surface area (Å²) in [6.45, 7) is 1.82. The highest BCUT2D eigenvalue weighted by Gasteiger charge is 2.09. The molecular weight excluding hydrogens is 375 g/mol. The zero-order chi connectivity index (χ0) is 17.1. The van der Waals surface area contributed by atoms with E-state index in [0.29, 0.717) is 21.5 Å². The molecule has 7 heteroatoms. The van der Waals surface area contributed by atoms with E-state index in [1.54, 1.807) is 24.3 Å². The number of aromatic nitrogens is 3. The summed E-state index contributed by atoms with van der Waals surface area (Å²) in [5, 5.41) is 9.68. The average molecular weight is 389 g/mol. The van der Waals surface area contributed by atoms with Crippen molar-refractivity contribution in [2.45, 2.75) is 13.3 Å². The second-order valence-electron chi connectivity index (χ2n) is 5.30. The maximum Gasteiger partial charge on any atom is 0.228 e. The Hall–Kier alpha value is -2.54. The fraction of sp³-hybridized carbons (Fsp3) is 0.118. The van der Waals surface area contributed by atoms with Crippen LogP contribution in [0.5, 0.6) is 0 Å². The number of benzene rings is 2. The number of nitrogens with zero attached hydrogens (tertiary/aromatic N) is 2. The van der Waals surface area contributed by atoms with Crippen LogP contribution in [0.3, 0.4) is 0 Å². The summed E-state index contributed by atoms with van der Waals surface area (Å²) in [5.41, 5.74) is 2.04. The number of carbonyl (C=O) groups is 1. The minimum Gasteiger partial charge on any atom is -0.326 e. The van der Waals surface area contributed by atoms with Gasteiger partial charge in [0.05, 0.1) is 10.9 Å². The highest BCUT2D eigenvalue weighted by atomic mass is 79.9. The molecule has 0 bridgehead atoms. The fourth-order valence-corrected chi connectivity index (χ4v) is 2.49. The Morgan fingerprint density at radius 1 is 1.29 bits per heavy atom. The zero-order valence-electron chi connectivity index (χ0n) is 12.8. The van der Waals surface area contributed by atoms with E-state index in [2.05, 4.69) is 36.4 Å². The van der Waals surface area contributed by atoms with Crippen molar-refractivity contribution in [3.05, 3.63) is 64.1 Å². The van der Waals surface area contributed by atoms with Crippen LogP contribution in [-0.2, 0) is 11.2 Å². The molecule has 0 fully saturated rings. The predicted octanol–water partition coefficient (Wildman–Crippen LogP) is 3.86. The summed E-state index contributed by atoms with van der Waals surface area (Å²) in [5.74, 6) is 0.678. The van der Waals surface area contributed by atoms with Gasteiger partial charge in [0.25, 0.3) is 0 Å². The van der Waals surface area contributed by atoms with E-state index in [-0.39, 0.29) is 18.1 Å². The van der Waals surface area contributed by atoms with Gasteiger partial charge in [0.15, 0.2) is 5.82 Å². The van der Waals surface area contributed by atoms with Crippen LogP contribution in [0, 0.1) is 12.7 Å². The Kier molecular flexibility index (Phi) is 4.71. The van der Waals surface area contributed by atoms with Gasteiger partial charge in [0.2, 0.25) is 5.91 Å². The summed E-state index contributed by atoms with van der Waals surface area (Å²) < 4.78 is 13.9. The molecule has 0 aliphatic carbocycles. The van der Waals surface area contributed by atoms with Crippen molar-refractivity contribution in [1.82, 2.24) is 15.2 Å². The molecule has 2 N–H and O–H groups in total. The van der Waals surface area contributed by atoms with Crippen molar-refractivity contribution in [3.63, 3.8) is 0 Å². The van der Waals surface area contributed by atoms with Gasteiger partial charge >= 0.3 is 0 Å². The molecule has 0 saturated carbocycles. The number of rotatable bonds is 4. The maximum atomic E-state index is 13.5. The minimum absolute atomic E-state index is 0.0915. The standard InChI is InChI=1S/C17H14BrFN4O/c1-10-20-17(23-22-10)12-3-2-4-13(9-12)21-16(24)8-11-5-6-14(18)15(19)7-11/h2-7,9H,8H2,1H3,(H,21,24)(H,20,22,23). The third kappa shape index (κ3) is 3.86. The van der Waals surface area contributed by atoms with Gasteiger partial charge in [-0.25, -0.2) is 9.37 Å². The Morgan fingerprint density at radius 2 is 2.12 bits per heavy atom. The van der Waals surface area contributed by atoms with Crippen LogP contribution < -0.4 is 5.32 Å². The maximum absolute atomic E-state index is 13.5. The molecule has 0 atom stereocenters. The average Bonchev–Trinajstić information content (AvgIpc) is 2.98. The first-order valence-corrected chi connectivity index (χ1v) is 8.04. The van der Waals surface area contributed by atoms with Crippen molar-refractivity contribution in [1.29, 1.82) is 0 Å². The number of H-pyrrole nitrogens is 1. The van der Waals surface area contributed by atoms with Crippen molar-refractivity contribution in [2.75, 3.05) is 5.32 Å². The van der Waals surface area contributed by atoms with E-state index < -0.39 is 0 Å². The van der Waals surface area contributed by atoms with Crippen molar-refractivity contribution >= 4 is 27.5 Å². The molecule has 24 heavy (non-hydrogen) atoms. The highest BCUT2D eigenvalue weighted by Crippen LogP contribution is 2.20. The number of carbonyl (C=O) groups excluding carboxylic acids is 1. The van der Waals surface area contributed by atoms with Crippen molar-refractivity contribution in [3.8, 4) is 11.4 Å². The second kappa shape index (κ2) is 6.92. The molecule has 1 amide bonds. The second-order valence-corrected chi connectivity index (χ2v) is 6.15. The van der Waals surface area contributed by atoms with Crippen LogP contribution in [0.2, 0.25) is 0 Å². The van der Waals surface area contributed by atoms with E-state index in [4.69, 9.17) is 0 Å². The quantitative estimate of drug-likeness (QED) is 0.712. The smallest absolute Gasteiger partial charge is 0.228 e. The number of hydrogen-bond acceptors (Lipinski definition) is 3. The fourth-order valence-electron chi connectivity index (χ4n) is 2.25. The van der Waals surface area contributed by atoms with E-state index in [9.17, 15) is 9.18 Å². The Bertz CT molecular complexity index is 894. The lowest BCUT2D eigenvalue weighted by Crippen LogP contribution is -2.14. The van der Waals surface area contributed by atoms with Gasteiger partial charge in [0, 0.05) is 11.3 Å². The molecule has 0 radical (unpaired) electrons. The van der Waals surface area contributed by atoms with Crippen LogP contribution >= 0.6 is 15.9 Å². The third-order valence-electron chi connectivity index (χ3n) is 3.35. The number of nitrogens with one attached hydrogen (secondary N) is 2. The summed E-state index contributed by atoms with van der Waals surface area (Å²) in [6.07, 6.45) is 0.0915. The van der Waals surface area contributed by atoms with Gasteiger partial charge in [-0.1, -0.05) is 18.2 Å². The molecule has 3 rings (SSSR count). The molecule has 0 unspecified atom stereocenters. The van der Waals surface area contributed by atoms with Gasteiger partial charge in [0.1, 0.15) is 11.6 Å². The van der Waals surface area contributed by atoms with Crippen molar-refractivity contribution < 1.29 is 9.18 Å². The molecule has 5 nitrogen and oxygen atoms in total. The highest BCUT2D eigenvalue weighted by molar-refractivity contribution is 9.10. The molecule has 0 saturated heterocycles. The monoisotopic (exact) mass is 388 g/mol. The molecule has 0 spiro atoms. The molecule has 3 aromatic rings. The Morgan fingerprint density at radius 3 is 2.83 bits per heavy atom. The first kappa shape index (κ1) is 16.3. The molecular formula is C17H14BrFN4O. The van der Waals surface area contributed by atoms with Gasteiger partial charge in [-0.2, -0.15) is 5.10 Å². The van der Waals surface area contributed by atoms with Gasteiger partial charge in [-0.15, -0.1) is 0 Å². The van der Waals surface area contributed by atoms with Gasteiger partial charge in [-0.05, 0) is 52.7 Å². The summed E-state index contributed by atoms with van der Waals surface area (Å²) in [7, 11) is 0. The largest absolute Gasteiger partial charge is 0.326 e. The Balaban J connectivity index is 1.71. The van der Waals surface area contributed by atoms with Crippen LogP contribution in [0.25, 0.3) is 11.4 Å². The lowest BCUT2D eigenvalue weighted by molar-refractivity contribution is -0.115. The number of hydrogen-bond donors (Lipinski definition) is 2. The van der Waals surface area contributed by atoms with Gasteiger partial charge in [-0.3, -0.25) is 9.89 Å². The van der Waals surface area contributed by atoms with Crippen LogP contribution in [0.4, 0.5) is 10.1 Å². The summed E-state index contributed by atoms with van der Waals surface area (Å²) in [6, 6.07) is 11.9. The van der Waals surface area contributed by atoms with Crippen LogP contribution in [0.1, 0.15) is 11.4 Å². The van der Waals surface area contributed by atoms with Crippen molar-refractivity contribution in [2.24, 2.45) is 0 Å². The summed E-state index contributed by atoms with van der Waals surface area (Å²) in [4.78, 5) is 16.4. The molecule has 122 valence electrons. The summed E-state index contributed by atoms with van der Waals surface area (Å²) >= 11 is 3.09. The molecule has 1 aromatic heterocycles. The number of halogens is 2. The first-order valence-electron chi connectivity index (χ1n) is 7.24. The predicted molar refractivity (Wildman–Crippen MR) is 93.0 cm³/mol. The normalized spacial score (nSPS) is 10.6. The molecule has 2 aromatic carbocycles. The topological polar surface area (TPSA) is 70.7 Å². The third-order valence-corrected chi connectivity index (χ3v) is 3.99. The number of amides is 1. The van der Waals surface area contributed by atoms with Crippen LogP contribution in [-0.4, -0.2) is 21.1 Å². The van der Waals surface area contributed by atoms with Crippen LogP contribution in [0.15, 0.2) is 46.9 Å². The van der Waals surface area contributed by atoms with E-state index in [1.807, 2.05) is 19.1 Å². The zero-order valence-corrected chi connectivity index (χ0v) is 14.4. The molecule has 0 aliphatic heterocycles. The number of aromatic amines is 1. The first-order chi connectivity index (χ1) is 11.5. The van der Waals surface area contributed by atoms with E-state index >= 15 is 0 Å². The lowest BCUT2D eigenvalue weighted by Gasteiger charge is -2.07. The lowest BCUT2D eigenvalue weighted by atomic mass is 10.1. The van der Waals surface area contributed by atoms with E-state index in [0.717, 1.165) is 11.4 Å². The molecule has 0 aliphatic rings. The van der Waals surface area contributed by atoms with E-state index in [1.165, 1.54) is 6.07 Å². The molecule has 1 heterocycles. The minimum atomic E-state index is -0.387. The SMILES string of the molecule is Cc1nc(-c2cccc(NC(=O)Cc3ccc(Br)c(F)c3)c2)n[nH]1. The van der Waals surface area contributed by atoms with Gasteiger partial charge < -0.3 is 5.32 Å².